The molecule has 0 bridgehead atoms. The van der Waals surface area contributed by atoms with Gasteiger partial charge >= 0.3 is 5.97 Å². The lowest BCUT2D eigenvalue weighted by Crippen LogP contribution is -2.30. The molecule has 1 saturated carbocycles. The largest absolute Gasteiger partial charge is 0.481 e. The van der Waals surface area contributed by atoms with Gasteiger partial charge < -0.3 is 5.11 Å². The number of sulfone groups is 1. The molecular weight excluding hydrogens is 278 g/mol. The normalized spacial score (nSPS) is 27.4. The van der Waals surface area contributed by atoms with Gasteiger partial charge in [0.15, 0.2) is 9.84 Å². The number of benzene rings is 1. The van der Waals surface area contributed by atoms with E-state index >= 15 is 0 Å². The molecule has 1 aliphatic rings. The number of hydrogen-bond acceptors (Lipinski definition) is 3. The summed E-state index contributed by atoms with van der Waals surface area (Å²) in [5.41, 5.74) is 0. The molecule has 0 aliphatic heterocycles. The van der Waals surface area contributed by atoms with Gasteiger partial charge in [0.25, 0.3) is 0 Å². The smallest absolute Gasteiger partial charge is 0.307 e. The molecule has 1 N–H and O–H groups in total. The van der Waals surface area contributed by atoms with Crippen molar-refractivity contribution in [2.75, 3.05) is 0 Å². The Morgan fingerprint density at radius 3 is 2.58 bits per heavy atom. The molecular formula is C12H12F2O4S. The van der Waals surface area contributed by atoms with Crippen molar-refractivity contribution >= 4 is 15.8 Å². The monoisotopic (exact) mass is 290 g/mol. The first-order valence-electron chi connectivity index (χ1n) is 5.68. The van der Waals surface area contributed by atoms with Crippen LogP contribution in [-0.4, -0.2) is 30.9 Å². The average Bonchev–Trinajstić information content (AvgIpc) is 2.72. The van der Waals surface area contributed by atoms with Gasteiger partial charge in [0, 0.05) is 0 Å². The van der Waals surface area contributed by atoms with Gasteiger partial charge in [-0.3, -0.25) is 4.79 Å². The topological polar surface area (TPSA) is 71.4 Å². The average molecular weight is 290 g/mol. The SMILES string of the molecule is O=C(O)[C@H]1C[C@@H](F)C[C@H]1S(=O)(=O)c1cccc(F)c1. The predicted molar refractivity (Wildman–Crippen MR) is 62.6 cm³/mol. The third-order valence-corrected chi connectivity index (χ3v) is 5.52. The van der Waals surface area contributed by atoms with Gasteiger partial charge in [-0.2, -0.15) is 0 Å². The fourth-order valence-corrected chi connectivity index (χ4v) is 4.38. The van der Waals surface area contributed by atoms with E-state index in [1.165, 1.54) is 12.1 Å². The summed E-state index contributed by atoms with van der Waals surface area (Å²) in [6, 6.07) is 4.31. The molecule has 0 aromatic heterocycles. The lowest BCUT2D eigenvalue weighted by molar-refractivity contribution is -0.141. The van der Waals surface area contributed by atoms with Gasteiger partial charge in [0.05, 0.1) is 16.1 Å². The molecule has 1 fully saturated rings. The molecule has 19 heavy (non-hydrogen) atoms. The summed E-state index contributed by atoms with van der Waals surface area (Å²) in [7, 11) is -4.05. The van der Waals surface area contributed by atoms with Crippen molar-refractivity contribution in [1.29, 1.82) is 0 Å². The number of alkyl halides is 1. The molecule has 0 radical (unpaired) electrons. The lowest BCUT2D eigenvalue weighted by Gasteiger charge is -2.16. The van der Waals surface area contributed by atoms with Crippen LogP contribution in [0.1, 0.15) is 12.8 Å². The minimum Gasteiger partial charge on any atom is -0.481 e. The molecule has 1 aliphatic carbocycles. The highest BCUT2D eigenvalue weighted by Crippen LogP contribution is 2.36. The Bertz CT molecular complexity index is 600. The maximum absolute atomic E-state index is 13.3. The van der Waals surface area contributed by atoms with Crippen molar-refractivity contribution in [3.8, 4) is 0 Å². The molecule has 0 heterocycles. The van der Waals surface area contributed by atoms with E-state index < -0.39 is 39.0 Å². The fourth-order valence-electron chi connectivity index (χ4n) is 2.36. The summed E-state index contributed by atoms with van der Waals surface area (Å²) in [6.45, 7) is 0. The van der Waals surface area contributed by atoms with Crippen molar-refractivity contribution in [2.24, 2.45) is 5.92 Å². The summed E-state index contributed by atoms with van der Waals surface area (Å²) in [5, 5.41) is 7.62. The number of aliphatic carboxylic acids is 1. The Labute approximate surface area is 109 Å². The second-order valence-corrected chi connectivity index (χ2v) is 6.72. The van der Waals surface area contributed by atoms with Crippen LogP contribution in [0.2, 0.25) is 0 Å². The summed E-state index contributed by atoms with van der Waals surface area (Å²) < 4.78 is 50.9. The van der Waals surface area contributed by atoms with Crippen molar-refractivity contribution in [2.45, 2.75) is 29.2 Å². The molecule has 7 heteroatoms. The van der Waals surface area contributed by atoms with Crippen LogP contribution in [0.3, 0.4) is 0 Å². The Balaban J connectivity index is 2.41. The maximum atomic E-state index is 13.3. The molecule has 0 amide bonds. The minimum absolute atomic E-state index is 0.308. The van der Waals surface area contributed by atoms with Crippen molar-refractivity contribution in [3.05, 3.63) is 30.1 Å². The van der Waals surface area contributed by atoms with Crippen LogP contribution >= 0.6 is 0 Å². The second kappa shape index (κ2) is 4.88. The number of rotatable bonds is 3. The van der Waals surface area contributed by atoms with Crippen molar-refractivity contribution in [1.82, 2.24) is 0 Å². The van der Waals surface area contributed by atoms with E-state index in [0.29, 0.717) is 0 Å². The quantitative estimate of drug-likeness (QED) is 0.921. The molecule has 4 nitrogen and oxygen atoms in total. The standard InChI is InChI=1S/C12H12F2O4S/c13-7-2-1-3-9(4-7)19(17,18)11-6-8(14)5-10(11)12(15)16/h1-4,8,10-11H,5-6H2,(H,15,16)/t8-,10+,11-/m1/s1. The number of carboxylic acid groups (broad SMARTS) is 1. The Morgan fingerprint density at radius 1 is 1.32 bits per heavy atom. The first kappa shape index (κ1) is 13.9. The third kappa shape index (κ3) is 2.60. The van der Waals surface area contributed by atoms with Crippen LogP contribution < -0.4 is 0 Å². The molecule has 0 saturated heterocycles. The molecule has 2 rings (SSSR count). The zero-order valence-corrected chi connectivity index (χ0v) is 10.6. The predicted octanol–water partition coefficient (Wildman–Crippen LogP) is 1.80. The van der Waals surface area contributed by atoms with E-state index in [1.54, 1.807) is 0 Å². The Morgan fingerprint density at radius 2 is 2.00 bits per heavy atom. The van der Waals surface area contributed by atoms with Gasteiger partial charge in [-0.15, -0.1) is 0 Å². The fraction of sp³-hybridized carbons (Fsp3) is 0.417. The van der Waals surface area contributed by atoms with Gasteiger partial charge in [-0.05, 0) is 31.0 Å². The van der Waals surface area contributed by atoms with Crippen molar-refractivity contribution < 1.29 is 27.1 Å². The van der Waals surface area contributed by atoms with Crippen LogP contribution in [0.5, 0.6) is 0 Å². The molecule has 3 atom stereocenters. The van der Waals surface area contributed by atoms with Crippen LogP contribution in [0.15, 0.2) is 29.2 Å². The minimum atomic E-state index is -4.05. The Kier molecular flexibility index (Phi) is 3.58. The van der Waals surface area contributed by atoms with Crippen LogP contribution in [0, 0.1) is 11.7 Å². The van der Waals surface area contributed by atoms with Crippen molar-refractivity contribution in [3.63, 3.8) is 0 Å². The third-order valence-electron chi connectivity index (χ3n) is 3.29. The van der Waals surface area contributed by atoms with Crippen LogP contribution in [0.25, 0.3) is 0 Å². The molecule has 0 unspecified atom stereocenters. The van der Waals surface area contributed by atoms with E-state index in [4.69, 9.17) is 5.11 Å². The van der Waals surface area contributed by atoms with Gasteiger partial charge in [-0.1, -0.05) is 6.07 Å². The number of carboxylic acids is 1. The first-order chi connectivity index (χ1) is 8.82. The summed E-state index contributed by atoms with van der Waals surface area (Å²) in [6.07, 6.45) is -2.15. The molecule has 1 aromatic rings. The van der Waals surface area contributed by atoms with Crippen LogP contribution in [-0.2, 0) is 14.6 Å². The summed E-state index contributed by atoms with van der Waals surface area (Å²) in [4.78, 5) is 10.7. The second-order valence-electron chi connectivity index (χ2n) is 4.55. The number of carbonyl (C=O) groups is 1. The molecule has 104 valence electrons. The summed E-state index contributed by atoms with van der Waals surface area (Å²) >= 11 is 0. The van der Waals surface area contributed by atoms with E-state index in [0.717, 1.165) is 12.1 Å². The first-order valence-corrected chi connectivity index (χ1v) is 7.23. The highest BCUT2D eigenvalue weighted by atomic mass is 32.2. The van der Waals surface area contributed by atoms with Gasteiger partial charge in [-0.25, -0.2) is 17.2 Å². The maximum Gasteiger partial charge on any atom is 0.307 e. The number of halogens is 2. The van der Waals surface area contributed by atoms with E-state index in [-0.39, 0.29) is 17.7 Å². The van der Waals surface area contributed by atoms with E-state index in [9.17, 15) is 22.0 Å². The van der Waals surface area contributed by atoms with Crippen LogP contribution in [0.4, 0.5) is 8.78 Å². The molecule has 0 spiro atoms. The zero-order chi connectivity index (χ0) is 14.2. The molecule has 1 aromatic carbocycles. The Hall–Kier alpha value is -1.50. The summed E-state index contributed by atoms with van der Waals surface area (Å²) in [5.74, 6) is -3.36. The van der Waals surface area contributed by atoms with Gasteiger partial charge in [0.1, 0.15) is 12.0 Å². The van der Waals surface area contributed by atoms with E-state index in [2.05, 4.69) is 0 Å². The van der Waals surface area contributed by atoms with E-state index in [1.807, 2.05) is 0 Å². The highest BCUT2D eigenvalue weighted by molar-refractivity contribution is 7.92. The zero-order valence-electron chi connectivity index (χ0n) is 9.79. The number of hydrogen-bond donors (Lipinski definition) is 1. The van der Waals surface area contributed by atoms with Gasteiger partial charge in [0.2, 0.25) is 0 Å². The lowest BCUT2D eigenvalue weighted by atomic mass is 10.1. The highest BCUT2D eigenvalue weighted by Gasteiger charge is 2.46.